The van der Waals surface area contributed by atoms with Gasteiger partial charge in [0.1, 0.15) is 0 Å². The Labute approximate surface area is 105 Å². The maximum Gasteiger partial charge on any atom is 0.0593 e. The first-order valence-electron chi connectivity index (χ1n) is 6.61. The fourth-order valence-electron chi connectivity index (χ4n) is 2.45. The number of nitrogens with zero attached hydrogens (tertiary/aromatic N) is 1. The van der Waals surface area contributed by atoms with E-state index in [2.05, 4.69) is 24.6 Å². The summed E-state index contributed by atoms with van der Waals surface area (Å²) in [6, 6.07) is 0. The first kappa shape index (κ1) is 12.7. The molecule has 2 aliphatic carbocycles. The van der Waals surface area contributed by atoms with Crippen LogP contribution < -0.4 is 0 Å². The molecule has 0 aliphatic heterocycles. The fourth-order valence-corrected chi connectivity index (χ4v) is 2.87. The van der Waals surface area contributed by atoms with Crippen molar-refractivity contribution in [2.24, 2.45) is 11.3 Å². The third kappa shape index (κ3) is 3.64. The molecule has 0 unspecified atom stereocenters. The Hall–Kier alpha value is 0.270. The number of likely N-dealkylation sites (N-methyl/N-ethyl adjacent to an activating group) is 1. The molecule has 2 rings (SSSR count). The summed E-state index contributed by atoms with van der Waals surface area (Å²) in [4.78, 5) is 2.42. The molecule has 0 radical (unpaired) electrons. The zero-order chi connectivity index (χ0) is 11.4. The molecule has 94 valence electrons. The summed E-state index contributed by atoms with van der Waals surface area (Å²) < 4.78 is 5.67. The van der Waals surface area contributed by atoms with Crippen LogP contribution in [0.15, 0.2) is 0 Å². The molecule has 0 aromatic rings. The Bertz CT molecular complexity index is 208. The van der Waals surface area contributed by atoms with Crippen LogP contribution in [0, 0.1) is 11.3 Å². The van der Waals surface area contributed by atoms with E-state index in [4.69, 9.17) is 4.74 Å². The maximum absolute atomic E-state index is 5.67. The van der Waals surface area contributed by atoms with Gasteiger partial charge in [-0.15, -0.1) is 0 Å². The van der Waals surface area contributed by atoms with Crippen molar-refractivity contribution in [2.75, 3.05) is 39.1 Å². The van der Waals surface area contributed by atoms with Crippen LogP contribution in [0.4, 0.5) is 0 Å². The average molecular weight is 243 g/mol. The summed E-state index contributed by atoms with van der Waals surface area (Å²) in [5.74, 6) is 1.93. The minimum absolute atomic E-state index is 0.522. The van der Waals surface area contributed by atoms with Crippen LogP contribution in [0.1, 0.15) is 32.1 Å². The van der Waals surface area contributed by atoms with E-state index in [0.29, 0.717) is 5.41 Å². The Morgan fingerprint density at radius 1 is 1.38 bits per heavy atom. The van der Waals surface area contributed by atoms with E-state index < -0.39 is 0 Å². The van der Waals surface area contributed by atoms with Crippen molar-refractivity contribution in [1.82, 2.24) is 4.90 Å². The third-order valence-electron chi connectivity index (χ3n) is 4.02. The normalized spacial score (nSPS) is 23.4. The largest absolute Gasteiger partial charge is 0.380 e. The average Bonchev–Trinajstić information content (AvgIpc) is 3.02. The lowest BCUT2D eigenvalue weighted by Crippen LogP contribution is -2.43. The van der Waals surface area contributed by atoms with E-state index in [1.165, 1.54) is 38.6 Å². The lowest BCUT2D eigenvalue weighted by atomic mass is 9.70. The molecule has 2 saturated carbocycles. The van der Waals surface area contributed by atoms with Gasteiger partial charge >= 0.3 is 0 Å². The molecule has 0 aromatic carbocycles. The summed E-state index contributed by atoms with van der Waals surface area (Å²) in [6.07, 6.45) is 6.90. The van der Waals surface area contributed by atoms with Crippen LogP contribution in [0.3, 0.4) is 0 Å². The SMILES string of the molecule is CN(CCOCC1CC1)CC1(CS)CCC1. The van der Waals surface area contributed by atoms with Gasteiger partial charge in [-0.05, 0) is 49.8 Å². The van der Waals surface area contributed by atoms with E-state index >= 15 is 0 Å². The minimum Gasteiger partial charge on any atom is -0.380 e. The molecule has 0 aromatic heterocycles. The second kappa shape index (κ2) is 5.74. The standard InChI is InChI=1S/C13H25NOS/c1-14(7-8-15-9-12-3-4-12)10-13(11-16)5-2-6-13/h12,16H,2-11H2,1H3. The van der Waals surface area contributed by atoms with Crippen molar-refractivity contribution in [3.05, 3.63) is 0 Å². The predicted octanol–water partition coefficient (Wildman–Crippen LogP) is 2.44. The summed E-state index contributed by atoms with van der Waals surface area (Å²) in [7, 11) is 2.21. The molecule has 2 nitrogen and oxygen atoms in total. The van der Waals surface area contributed by atoms with Gasteiger partial charge in [-0.1, -0.05) is 6.42 Å². The minimum atomic E-state index is 0.522. The van der Waals surface area contributed by atoms with E-state index in [0.717, 1.165) is 31.4 Å². The van der Waals surface area contributed by atoms with E-state index in [1.807, 2.05) is 0 Å². The molecular formula is C13H25NOS. The highest BCUT2D eigenvalue weighted by molar-refractivity contribution is 7.80. The topological polar surface area (TPSA) is 12.5 Å². The van der Waals surface area contributed by atoms with E-state index in [1.54, 1.807) is 0 Å². The molecule has 0 bridgehead atoms. The lowest BCUT2D eigenvalue weighted by Gasteiger charge is -2.43. The summed E-state index contributed by atoms with van der Waals surface area (Å²) >= 11 is 4.49. The quantitative estimate of drug-likeness (QED) is 0.519. The molecule has 0 saturated heterocycles. The molecule has 0 N–H and O–H groups in total. The highest BCUT2D eigenvalue weighted by Crippen LogP contribution is 2.42. The van der Waals surface area contributed by atoms with Gasteiger partial charge in [0.2, 0.25) is 0 Å². The van der Waals surface area contributed by atoms with E-state index in [-0.39, 0.29) is 0 Å². The first-order chi connectivity index (χ1) is 7.74. The van der Waals surface area contributed by atoms with Crippen molar-refractivity contribution in [1.29, 1.82) is 0 Å². The second-order valence-electron chi connectivity index (χ2n) is 5.77. The highest BCUT2D eigenvalue weighted by atomic mass is 32.1. The number of rotatable bonds is 8. The zero-order valence-corrected chi connectivity index (χ0v) is 11.3. The van der Waals surface area contributed by atoms with Crippen LogP contribution >= 0.6 is 12.6 Å². The van der Waals surface area contributed by atoms with Crippen molar-refractivity contribution in [3.8, 4) is 0 Å². The molecule has 2 fully saturated rings. The van der Waals surface area contributed by atoms with Crippen LogP contribution in [0.25, 0.3) is 0 Å². The van der Waals surface area contributed by atoms with Crippen molar-refractivity contribution < 1.29 is 4.74 Å². The van der Waals surface area contributed by atoms with Gasteiger partial charge < -0.3 is 9.64 Å². The van der Waals surface area contributed by atoms with Gasteiger partial charge in [0.15, 0.2) is 0 Å². The number of ether oxygens (including phenoxy) is 1. The molecule has 0 heterocycles. The second-order valence-corrected chi connectivity index (χ2v) is 6.08. The number of thiol groups is 1. The van der Waals surface area contributed by atoms with Crippen LogP contribution in [-0.2, 0) is 4.74 Å². The Morgan fingerprint density at radius 2 is 2.12 bits per heavy atom. The van der Waals surface area contributed by atoms with Gasteiger partial charge in [-0.2, -0.15) is 12.6 Å². The summed E-state index contributed by atoms with van der Waals surface area (Å²) in [5, 5.41) is 0. The first-order valence-corrected chi connectivity index (χ1v) is 7.24. The number of hydrogen-bond acceptors (Lipinski definition) is 3. The van der Waals surface area contributed by atoms with Gasteiger partial charge in [-0.3, -0.25) is 0 Å². The molecule has 0 atom stereocenters. The monoisotopic (exact) mass is 243 g/mol. The lowest BCUT2D eigenvalue weighted by molar-refractivity contribution is 0.0668. The number of hydrogen-bond donors (Lipinski definition) is 1. The van der Waals surface area contributed by atoms with Gasteiger partial charge in [0, 0.05) is 19.7 Å². The molecular weight excluding hydrogens is 218 g/mol. The zero-order valence-electron chi connectivity index (χ0n) is 10.5. The fraction of sp³-hybridized carbons (Fsp3) is 1.00. The molecule has 3 heteroatoms. The Balaban J connectivity index is 1.54. The molecule has 0 spiro atoms. The van der Waals surface area contributed by atoms with Gasteiger partial charge in [0.05, 0.1) is 6.61 Å². The smallest absolute Gasteiger partial charge is 0.0593 e. The van der Waals surface area contributed by atoms with Crippen molar-refractivity contribution >= 4 is 12.6 Å². The van der Waals surface area contributed by atoms with E-state index in [9.17, 15) is 0 Å². The van der Waals surface area contributed by atoms with Gasteiger partial charge in [0.25, 0.3) is 0 Å². The molecule has 2 aliphatic rings. The Morgan fingerprint density at radius 3 is 2.62 bits per heavy atom. The van der Waals surface area contributed by atoms with Crippen LogP contribution in [0.2, 0.25) is 0 Å². The van der Waals surface area contributed by atoms with Gasteiger partial charge in [-0.25, -0.2) is 0 Å². The van der Waals surface area contributed by atoms with Crippen molar-refractivity contribution in [2.45, 2.75) is 32.1 Å². The predicted molar refractivity (Wildman–Crippen MR) is 71.2 cm³/mol. The van der Waals surface area contributed by atoms with Crippen molar-refractivity contribution in [3.63, 3.8) is 0 Å². The van der Waals surface area contributed by atoms with Crippen LogP contribution in [0.5, 0.6) is 0 Å². The summed E-state index contributed by atoms with van der Waals surface area (Å²) in [6.45, 7) is 4.16. The molecule has 0 amide bonds. The van der Waals surface area contributed by atoms with Crippen LogP contribution in [-0.4, -0.2) is 44.0 Å². The Kier molecular flexibility index (Phi) is 4.57. The molecule has 16 heavy (non-hydrogen) atoms. The maximum atomic E-state index is 5.67. The summed E-state index contributed by atoms with van der Waals surface area (Å²) in [5.41, 5.74) is 0.522. The highest BCUT2D eigenvalue weighted by Gasteiger charge is 2.36. The third-order valence-corrected chi connectivity index (χ3v) is 4.69.